The van der Waals surface area contributed by atoms with Crippen molar-refractivity contribution in [1.29, 1.82) is 0 Å². The molecule has 2 aliphatic carbocycles. The second kappa shape index (κ2) is 10.6. The molecule has 2 aromatic carbocycles. The van der Waals surface area contributed by atoms with Crippen LogP contribution in [0.2, 0.25) is 0 Å². The Morgan fingerprint density at radius 1 is 0.973 bits per heavy atom. The molecule has 0 bridgehead atoms. The van der Waals surface area contributed by atoms with E-state index in [0.29, 0.717) is 29.9 Å². The summed E-state index contributed by atoms with van der Waals surface area (Å²) < 4.78 is 12.4. The zero-order chi connectivity index (χ0) is 26.0. The molecule has 0 aromatic heterocycles. The Balaban J connectivity index is 1.55. The highest BCUT2D eigenvalue weighted by atomic mass is 16.5. The zero-order valence-electron chi connectivity index (χ0n) is 22.1. The average Bonchev–Trinajstić information content (AvgIpc) is 2.87. The summed E-state index contributed by atoms with van der Waals surface area (Å²) in [6.45, 7) is 6.57. The summed E-state index contributed by atoms with van der Waals surface area (Å²) in [5.74, 6) is -0.0950. The van der Waals surface area contributed by atoms with Gasteiger partial charge < -0.3 is 14.8 Å². The van der Waals surface area contributed by atoms with Crippen molar-refractivity contribution in [2.24, 2.45) is 5.41 Å². The van der Waals surface area contributed by atoms with Gasteiger partial charge in [-0.3, -0.25) is 4.79 Å². The third-order valence-corrected chi connectivity index (χ3v) is 7.75. The number of ketones is 1. The Hall–Kier alpha value is -3.34. The quantitative estimate of drug-likeness (QED) is 0.446. The highest BCUT2D eigenvalue weighted by Crippen LogP contribution is 2.48. The summed E-state index contributed by atoms with van der Waals surface area (Å²) in [5.41, 5.74) is 4.61. The molecule has 1 aliphatic heterocycles. The van der Waals surface area contributed by atoms with E-state index in [4.69, 9.17) is 9.47 Å². The van der Waals surface area contributed by atoms with E-state index in [1.54, 1.807) is 0 Å². The number of esters is 1. The van der Waals surface area contributed by atoms with Crippen LogP contribution in [0.1, 0.15) is 82.8 Å². The number of rotatable bonds is 6. The van der Waals surface area contributed by atoms with E-state index in [1.165, 1.54) is 6.42 Å². The van der Waals surface area contributed by atoms with Gasteiger partial charge in [0.2, 0.25) is 0 Å². The Morgan fingerprint density at radius 3 is 2.43 bits per heavy atom. The summed E-state index contributed by atoms with van der Waals surface area (Å²) in [4.78, 5) is 27.4. The predicted octanol–water partition coefficient (Wildman–Crippen LogP) is 6.75. The first-order valence-corrected chi connectivity index (χ1v) is 13.5. The van der Waals surface area contributed by atoms with E-state index < -0.39 is 5.92 Å². The zero-order valence-corrected chi connectivity index (χ0v) is 22.1. The molecule has 0 saturated heterocycles. The Bertz CT molecular complexity index is 1230. The van der Waals surface area contributed by atoms with Crippen LogP contribution in [0.3, 0.4) is 0 Å². The molecule has 5 nitrogen and oxygen atoms in total. The Kier molecular flexibility index (Phi) is 7.23. The fourth-order valence-corrected chi connectivity index (χ4v) is 6.00. The van der Waals surface area contributed by atoms with Crippen LogP contribution in [0.15, 0.2) is 77.1 Å². The molecular weight excluding hydrogens is 462 g/mol. The largest absolute Gasteiger partial charge is 0.489 e. The van der Waals surface area contributed by atoms with Gasteiger partial charge in [-0.15, -0.1) is 0 Å². The fourth-order valence-electron chi connectivity index (χ4n) is 6.00. The summed E-state index contributed by atoms with van der Waals surface area (Å²) in [7, 11) is 0. The van der Waals surface area contributed by atoms with Gasteiger partial charge >= 0.3 is 5.97 Å². The fraction of sp³-hybridized carbons (Fsp3) is 0.438. The molecule has 1 unspecified atom stereocenters. The second-order valence-electron chi connectivity index (χ2n) is 11.4. The molecule has 3 aliphatic rings. The van der Waals surface area contributed by atoms with Crippen LogP contribution >= 0.6 is 0 Å². The Labute approximate surface area is 219 Å². The molecule has 1 atom stereocenters. The van der Waals surface area contributed by atoms with E-state index in [9.17, 15) is 9.59 Å². The molecule has 5 heteroatoms. The number of carbonyl (C=O) groups is 2. The van der Waals surface area contributed by atoms with Crippen molar-refractivity contribution in [3.8, 4) is 5.75 Å². The summed E-state index contributed by atoms with van der Waals surface area (Å²) >= 11 is 0. The number of benzene rings is 2. The number of allylic oxidation sites excluding steroid dienone is 3. The minimum atomic E-state index is -0.525. The van der Waals surface area contributed by atoms with Gasteiger partial charge in [0.25, 0.3) is 0 Å². The smallest absolute Gasteiger partial charge is 0.337 e. The summed E-state index contributed by atoms with van der Waals surface area (Å²) in [6, 6.07) is 17.8. The van der Waals surface area contributed by atoms with Crippen molar-refractivity contribution in [3.05, 3.63) is 88.3 Å². The van der Waals surface area contributed by atoms with Crippen LogP contribution in [0, 0.1) is 5.41 Å². The van der Waals surface area contributed by atoms with Gasteiger partial charge in [0, 0.05) is 29.0 Å². The highest BCUT2D eigenvalue weighted by Gasteiger charge is 2.44. The van der Waals surface area contributed by atoms with Crippen LogP contribution in [-0.4, -0.2) is 17.9 Å². The first-order valence-electron chi connectivity index (χ1n) is 13.5. The lowest BCUT2D eigenvalue weighted by atomic mass is 9.68. The van der Waals surface area contributed by atoms with Gasteiger partial charge in [-0.05, 0) is 56.1 Å². The van der Waals surface area contributed by atoms with Gasteiger partial charge in [0.15, 0.2) is 5.78 Å². The molecular formula is C32H37NO4. The maximum absolute atomic E-state index is 13.8. The first kappa shape index (κ1) is 25.3. The van der Waals surface area contributed by atoms with Crippen LogP contribution in [0.25, 0.3) is 0 Å². The monoisotopic (exact) mass is 499 g/mol. The van der Waals surface area contributed by atoms with Crippen molar-refractivity contribution in [2.45, 2.75) is 84.3 Å². The number of dihydropyridines is 1. The van der Waals surface area contributed by atoms with Crippen molar-refractivity contribution in [1.82, 2.24) is 5.32 Å². The third kappa shape index (κ3) is 5.51. The number of hydrogen-bond acceptors (Lipinski definition) is 5. The molecule has 1 N–H and O–H groups in total. The topological polar surface area (TPSA) is 64.6 Å². The number of carbonyl (C=O) groups excluding carboxylic acids is 2. The van der Waals surface area contributed by atoms with E-state index in [2.05, 4.69) is 19.2 Å². The SMILES string of the molecule is CC1=C(C(=O)OC2CCCCC2)C(c2ccccc2OCc2ccccc2)C2=C(CC(C)(C)CC2=O)N1. The molecule has 5 rings (SSSR count). The maximum Gasteiger partial charge on any atom is 0.337 e. The van der Waals surface area contributed by atoms with Crippen LogP contribution in [0.5, 0.6) is 5.75 Å². The molecule has 0 radical (unpaired) electrons. The molecule has 1 fully saturated rings. The number of ether oxygens (including phenoxy) is 2. The highest BCUT2D eigenvalue weighted by molar-refractivity contribution is 6.04. The minimum absolute atomic E-state index is 0.0665. The van der Waals surface area contributed by atoms with Gasteiger partial charge in [0.05, 0.1) is 11.5 Å². The van der Waals surface area contributed by atoms with Crippen LogP contribution in [0.4, 0.5) is 0 Å². The van der Waals surface area contributed by atoms with Gasteiger partial charge in [0.1, 0.15) is 18.5 Å². The molecule has 194 valence electrons. The van der Waals surface area contributed by atoms with E-state index in [0.717, 1.165) is 54.6 Å². The molecule has 1 saturated carbocycles. The third-order valence-electron chi connectivity index (χ3n) is 7.75. The molecule has 37 heavy (non-hydrogen) atoms. The first-order chi connectivity index (χ1) is 17.8. The summed E-state index contributed by atoms with van der Waals surface area (Å²) in [5, 5.41) is 3.45. The normalized spacial score (nSPS) is 21.8. The van der Waals surface area contributed by atoms with E-state index in [1.807, 2.05) is 61.5 Å². The predicted molar refractivity (Wildman–Crippen MR) is 144 cm³/mol. The van der Waals surface area contributed by atoms with Crippen molar-refractivity contribution < 1.29 is 19.1 Å². The number of hydrogen-bond donors (Lipinski definition) is 1. The maximum atomic E-state index is 13.8. The van der Waals surface area contributed by atoms with Crippen molar-refractivity contribution >= 4 is 11.8 Å². The molecule has 0 spiro atoms. The van der Waals surface area contributed by atoms with E-state index in [-0.39, 0.29) is 23.3 Å². The van der Waals surface area contributed by atoms with Crippen LogP contribution in [-0.2, 0) is 20.9 Å². The number of nitrogens with one attached hydrogen (secondary N) is 1. The van der Waals surface area contributed by atoms with Gasteiger partial charge in [-0.2, -0.15) is 0 Å². The average molecular weight is 500 g/mol. The lowest BCUT2D eigenvalue weighted by Gasteiger charge is -2.40. The van der Waals surface area contributed by atoms with Gasteiger partial charge in [-0.25, -0.2) is 4.79 Å². The van der Waals surface area contributed by atoms with Crippen molar-refractivity contribution in [3.63, 3.8) is 0 Å². The lowest BCUT2D eigenvalue weighted by Crippen LogP contribution is -2.39. The van der Waals surface area contributed by atoms with Gasteiger partial charge in [-0.1, -0.05) is 68.8 Å². The Morgan fingerprint density at radius 2 is 1.68 bits per heavy atom. The van der Waals surface area contributed by atoms with E-state index >= 15 is 0 Å². The minimum Gasteiger partial charge on any atom is -0.489 e. The van der Waals surface area contributed by atoms with Crippen molar-refractivity contribution in [2.75, 3.05) is 0 Å². The van der Waals surface area contributed by atoms with Crippen LogP contribution < -0.4 is 10.1 Å². The standard InChI is InChI=1S/C32H37NO4/c1-21-28(31(35)37-23-14-8-5-9-15-23)29(30-25(33-21)18-32(2,3)19-26(30)34)24-16-10-11-17-27(24)36-20-22-12-6-4-7-13-22/h4,6-7,10-13,16-17,23,29,33H,5,8-9,14-15,18-20H2,1-3H3. The molecule has 0 amide bonds. The second-order valence-corrected chi connectivity index (χ2v) is 11.4. The number of para-hydroxylation sites is 1. The lowest BCUT2D eigenvalue weighted by molar-refractivity contribution is -0.146. The molecule has 2 aromatic rings. The number of Topliss-reactive ketones (excluding diaryl/α,β-unsaturated/α-hetero) is 1. The summed E-state index contributed by atoms with van der Waals surface area (Å²) in [6.07, 6.45) is 6.27. The molecule has 1 heterocycles.